The second-order valence-corrected chi connectivity index (χ2v) is 4.80. The third-order valence-electron chi connectivity index (χ3n) is 2.44. The van der Waals surface area contributed by atoms with E-state index in [9.17, 15) is 4.79 Å². The highest BCUT2D eigenvalue weighted by Crippen LogP contribution is 2.19. The minimum absolute atomic E-state index is 0.292. The minimum Gasteiger partial charge on any atom is -0.374 e. The van der Waals surface area contributed by atoms with Crippen LogP contribution in [0.25, 0.3) is 0 Å². The molecular formula is C13H19NO. The fourth-order valence-corrected chi connectivity index (χ4v) is 1.54. The van der Waals surface area contributed by atoms with Crippen molar-refractivity contribution in [1.29, 1.82) is 0 Å². The van der Waals surface area contributed by atoms with Gasteiger partial charge in [-0.1, -0.05) is 31.5 Å². The zero-order valence-corrected chi connectivity index (χ0v) is 9.95. The highest BCUT2D eigenvalue weighted by atomic mass is 16.1. The predicted octanol–water partition coefficient (Wildman–Crippen LogP) is 2.66. The summed E-state index contributed by atoms with van der Waals surface area (Å²) < 4.78 is 0. The van der Waals surface area contributed by atoms with E-state index in [1.54, 1.807) is 0 Å². The summed E-state index contributed by atoms with van der Waals surface area (Å²) in [6.07, 6.45) is 1.01. The van der Waals surface area contributed by atoms with Gasteiger partial charge in [0.1, 0.15) is 6.29 Å². The van der Waals surface area contributed by atoms with Crippen LogP contribution in [0.2, 0.25) is 0 Å². The van der Waals surface area contributed by atoms with Crippen LogP contribution >= 0.6 is 0 Å². The number of aldehydes is 1. The zero-order valence-electron chi connectivity index (χ0n) is 9.95. The molecule has 1 aromatic rings. The molecule has 0 heterocycles. The van der Waals surface area contributed by atoms with Gasteiger partial charge in [0.25, 0.3) is 0 Å². The van der Waals surface area contributed by atoms with Gasteiger partial charge < -0.3 is 9.69 Å². The first-order chi connectivity index (χ1) is 6.94. The van der Waals surface area contributed by atoms with E-state index in [2.05, 4.69) is 36.1 Å². The Bertz CT molecular complexity index is 327. The molecule has 0 radical (unpaired) electrons. The molecule has 0 aliphatic rings. The summed E-state index contributed by atoms with van der Waals surface area (Å²) >= 11 is 0. The number of carbonyl (C=O) groups excluding carboxylic acids is 1. The van der Waals surface area contributed by atoms with E-state index >= 15 is 0 Å². The van der Waals surface area contributed by atoms with E-state index in [4.69, 9.17) is 0 Å². The third kappa shape index (κ3) is 3.39. The summed E-state index contributed by atoms with van der Waals surface area (Å²) in [5.74, 6) is 0. The lowest BCUT2D eigenvalue weighted by atomic mass is 9.95. The van der Waals surface area contributed by atoms with Gasteiger partial charge in [0, 0.05) is 24.7 Å². The molecule has 0 aromatic heterocycles. The molecule has 0 amide bonds. The molecule has 0 saturated carbocycles. The lowest BCUT2D eigenvalue weighted by Gasteiger charge is -2.27. The number of aryl methyl sites for hydroxylation is 1. The standard InChI is InChI=1S/C13H19NO/c1-11-5-7-12(8-6-11)14(4)9-13(2,3)10-15/h5-8,10H,9H2,1-4H3. The van der Waals surface area contributed by atoms with E-state index in [1.807, 2.05) is 20.9 Å². The Labute approximate surface area is 91.9 Å². The van der Waals surface area contributed by atoms with Gasteiger partial charge in [-0.3, -0.25) is 0 Å². The van der Waals surface area contributed by atoms with Crippen molar-refractivity contribution in [3.63, 3.8) is 0 Å². The topological polar surface area (TPSA) is 20.3 Å². The number of carbonyl (C=O) groups is 1. The Morgan fingerprint density at radius 1 is 1.27 bits per heavy atom. The number of benzene rings is 1. The third-order valence-corrected chi connectivity index (χ3v) is 2.44. The summed E-state index contributed by atoms with van der Waals surface area (Å²) in [7, 11) is 2.01. The normalized spacial score (nSPS) is 11.2. The van der Waals surface area contributed by atoms with Crippen molar-refractivity contribution < 1.29 is 4.79 Å². The van der Waals surface area contributed by atoms with Crippen LogP contribution in [-0.4, -0.2) is 19.9 Å². The quantitative estimate of drug-likeness (QED) is 0.704. The average Bonchev–Trinajstić information content (AvgIpc) is 2.18. The molecule has 0 N–H and O–H groups in total. The zero-order chi connectivity index (χ0) is 11.5. The molecule has 1 rings (SSSR count). The van der Waals surface area contributed by atoms with Gasteiger partial charge in [0.15, 0.2) is 0 Å². The van der Waals surface area contributed by atoms with Crippen LogP contribution in [0, 0.1) is 12.3 Å². The van der Waals surface area contributed by atoms with Gasteiger partial charge in [-0.05, 0) is 19.1 Å². The molecule has 0 aliphatic carbocycles. The highest BCUT2D eigenvalue weighted by Gasteiger charge is 2.18. The van der Waals surface area contributed by atoms with Gasteiger partial charge in [-0.2, -0.15) is 0 Å². The number of hydrogen-bond donors (Lipinski definition) is 0. The second kappa shape index (κ2) is 4.47. The lowest BCUT2D eigenvalue weighted by molar-refractivity contribution is -0.114. The van der Waals surface area contributed by atoms with E-state index < -0.39 is 0 Å². The van der Waals surface area contributed by atoms with Gasteiger partial charge in [0.2, 0.25) is 0 Å². The molecule has 0 bridgehead atoms. The Kier molecular flexibility index (Phi) is 3.51. The molecule has 0 unspecified atom stereocenters. The predicted molar refractivity (Wildman–Crippen MR) is 64.3 cm³/mol. The van der Waals surface area contributed by atoms with E-state index in [-0.39, 0.29) is 5.41 Å². The molecule has 0 spiro atoms. The second-order valence-electron chi connectivity index (χ2n) is 4.80. The maximum atomic E-state index is 10.8. The van der Waals surface area contributed by atoms with Crippen molar-refractivity contribution >= 4 is 12.0 Å². The van der Waals surface area contributed by atoms with E-state index in [0.717, 1.165) is 18.5 Å². The first kappa shape index (κ1) is 11.8. The Morgan fingerprint density at radius 3 is 2.27 bits per heavy atom. The maximum absolute atomic E-state index is 10.8. The van der Waals surface area contributed by atoms with Crippen LogP contribution < -0.4 is 4.90 Å². The summed E-state index contributed by atoms with van der Waals surface area (Å²) in [6, 6.07) is 8.33. The first-order valence-corrected chi connectivity index (χ1v) is 5.19. The van der Waals surface area contributed by atoms with Gasteiger partial charge >= 0.3 is 0 Å². The highest BCUT2D eigenvalue weighted by molar-refractivity contribution is 5.60. The maximum Gasteiger partial charge on any atom is 0.127 e. The SMILES string of the molecule is Cc1ccc(N(C)CC(C)(C)C=O)cc1. The van der Waals surface area contributed by atoms with Crippen molar-refractivity contribution in [2.75, 3.05) is 18.5 Å². The largest absolute Gasteiger partial charge is 0.374 e. The van der Waals surface area contributed by atoms with Gasteiger partial charge in [-0.15, -0.1) is 0 Å². The summed E-state index contributed by atoms with van der Waals surface area (Å²) in [5.41, 5.74) is 2.11. The molecular weight excluding hydrogens is 186 g/mol. The van der Waals surface area contributed by atoms with Crippen molar-refractivity contribution in [1.82, 2.24) is 0 Å². The molecule has 2 heteroatoms. The fraction of sp³-hybridized carbons (Fsp3) is 0.462. The monoisotopic (exact) mass is 205 g/mol. The summed E-state index contributed by atoms with van der Waals surface area (Å²) in [6.45, 7) is 6.70. The molecule has 0 atom stereocenters. The summed E-state index contributed by atoms with van der Waals surface area (Å²) in [4.78, 5) is 12.9. The van der Waals surface area contributed by atoms with Crippen LogP contribution in [0.4, 0.5) is 5.69 Å². The molecule has 15 heavy (non-hydrogen) atoms. The Hall–Kier alpha value is -1.31. The number of nitrogens with zero attached hydrogens (tertiary/aromatic N) is 1. The minimum atomic E-state index is -0.292. The van der Waals surface area contributed by atoms with Crippen molar-refractivity contribution in [2.24, 2.45) is 5.41 Å². The molecule has 1 aromatic carbocycles. The summed E-state index contributed by atoms with van der Waals surface area (Å²) in [5, 5.41) is 0. The smallest absolute Gasteiger partial charge is 0.127 e. The molecule has 0 saturated heterocycles. The van der Waals surface area contributed by atoms with Crippen molar-refractivity contribution in [3.8, 4) is 0 Å². The molecule has 82 valence electrons. The Morgan fingerprint density at radius 2 is 1.80 bits per heavy atom. The van der Waals surface area contributed by atoms with Crippen LogP contribution in [0.3, 0.4) is 0 Å². The van der Waals surface area contributed by atoms with Gasteiger partial charge in [0.05, 0.1) is 0 Å². The fourth-order valence-electron chi connectivity index (χ4n) is 1.54. The van der Waals surface area contributed by atoms with Crippen LogP contribution in [-0.2, 0) is 4.79 Å². The number of rotatable bonds is 4. The van der Waals surface area contributed by atoms with E-state index in [0.29, 0.717) is 0 Å². The first-order valence-electron chi connectivity index (χ1n) is 5.19. The van der Waals surface area contributed by atoms with Crippen molar-refractivity contribution in [3.05, 3.63) is 29.8 Å². The molecule has 0 fully saturated rings. The molecule has 2 nitrogen and oxygen atoms in total. The Balaban J connectivity index is 2.73. The van der Waals surface area contributed by atoms with E-state index in [1.165, 1.54) is 5.56 Å². The number of anilines is 1. The van der Waals surface area contributed by atoms with Crippen molar-refractivity contribution in [2.45, 2.75) is 20.8 Å². The number of hydrogen-bond acceptors (Lipinski definition) is 2. The van der Waals surface area contributed by atoms with Crippen LogP contribution in [0.1, 0.15) is 19.4 Å². The van der Waals surface area contributed by atoms with Crippen LogP contribution in [0.5, 0.6) is 0 Å². The average molecular weight is 205 g/mol. The molecule has 0 aliphatic heterocycles. The van der Waals surface area contributed by atoms with Gasteiger partial charge in [-0.25, -0.2) is 0 Å². The van der Waals surface area contributed by atoms with Crippen LogP contribution in [0.15, 0.2) is 24.3 Å². The lowest BCUT2D eigenvalue weighted by Crippen LogP contribution is -2.32.